The predicted octanol–water partition coefficient (Wildman–Crippen LogP) is 4.83. The second-order valence-corrected chi connectivity index (χ2v) is 8.66. The molecular formula is C23H40IN3O2. The molecule has 0 amide bonds. The van der Waals surface area contributed by atoms with Crippen molar-refractivity contribution in [1.82, 2.24) is 10.2 Å². The summed E-state index contributed by atoms with van der Waals surface area (Å²) >= 11 is 0. The van der Waals surface area contributed by atoms with Crippen molar-refractivity contribution < 1.29 is 9.47 Å². The van der Waals surface area contributed by atoms with Gasteiger partial charge < -0.3 is 19.7 Å². The van der Waals surface area contributed by atoms with Crippen LogP contribution in [-0.4, -0.2) is 49.8 Å². The van der Waals surface area contributed by atoms with E-state index in [9.17, 15) is 0 Å². The Bertz CT molecular complexity index is 610. The largest absolute Gasteiger partial charge is 0.381 e. The van der Waals surface area contributed by atoms with Gasteiger partial charge in [-0.25, -0.2) is 4.99 Å². The van der Waals surface area contributed by atoms with Crippen LogP contribution < -0.4 is 5.32 Å². The maximum Gasteiger partial charge on any atom is 0.193 e. The molecule has 1 aliphatic heterocycles. The summed E-state index contributed by atoms with van der Waals surface area (Å²) < 4.78 is 11.4. The molecule has 1 N–H and O–H groups in total. The van der Waals surface area contributed by atoms with Crippen LogP contribution in [0, 0.1) is 5.92 Å². The first-order chi connectivity index (χ1) is 13.4. The first kappa shape index (κ1) is 26.2. The minimum absolute atomic E-state index is 0. The second-order valence-electron chi connectivity index (χ2n) is 8.66. The minimum atomic E-state index is -0.125. The van der Waals surface area contributed by atoms with Crippen LogP contribution in [0.1, 0.15) is 58.1 Å². The number of aliphatic imine (C=N–C) groups is 1. The lowest BCUT2D eigenvalue weighted by atomic mass is 9.96. The third-order valence-electron chi connectivity index (χ3n) is 4.98. The first-order valence-electron chi connectivity index (χ1n) is 10.7. The summed E-state index contributed by atoms with van der Waals surface area (Å²) in [5.41, 5.74) is 2.28. The van der Waals surface area contributed by atoms with Gasteiger partial charge in [0, 0.05) is 33.4 Å². The van der Waals surface area contributed by atoms with Crippen molar-refractivity contribution in [2.24, 2.45) is 10.9 Å². The lowest BCUT2D eigenvalue weighted by Gasteiger charge is -2.27. The summed E-state index contributed by atoms with van der Waals surface area (Å²) in [6, 6.07) is 8.54. The van der Waals surface area contributed by atoms with Crippen LogP contribution in [0.5, 0.6) is 0 Å². The van der Waals surface area contributed by atoms with Gasteiger partial charge in [-0.05, 0) is 64.0 Å². The van der Waals surface area contributed by atoms with E-state index in [1.165, 1.54) is 30.4 Å². The van der Waals surface area contributed by atoms with E-state index >= 15 is 0 Å². The van der Waals surface area contributed by atoms with E-state index in [0.29, 0.717) is 13.2 Å². The first-order valence-corrected chi connectivity index (χ1v) is 10.7. The van der Waals surface area contributed by atoms with E-state index in [0.717, 1.165) is 38.2 Å². The van der Waals surface area contributed by atoms with Gasteiger partial charge in [0.05, 0.1) is 18.8 Å². The highest BCUT2D eigenvalue weighted by Crippen LogP contribution is 2.18. The molecule has 1 saturated heterocycles. The minimum Gasteiger partial charge on any atom is -0.381 e. The average Bonchev–Trinajstić information content (AvgIpc) is 2.68. The topological polar surface area (TPSA) is 46.1 Å². The number of guanidine groups is 1. The summed E-state index contributed by atoms with van der Waals surface area (Å²) in [6.07, 6.45) is 3.57. The van der Waals surface area contributed by atoms with Gasteiger partial charge >= 0.3 is 0 Å². The van der Waals surface area contributed by atoms with Crippen molar-refractivity contribution in [3.63, 3.8) is 0 Å². The van der Waals surface area contributed by atoms with Gasteiger partial charge in [-0.1, -0.05) is 24.3 Å². The highest BCUT2D eigenvalue weighted by Gasteiger charge is 2.15. The van der Waals surface area contributed by atoms with E-state index in [1.807, 2.05) is 0 Å². The molecule has 0 bridgehead atoms. The van der Waals surface area contributed by atoms with Gasteiger partial charge in [0.15, 0.2) is 5.96 Å². The van der Waals surface area contributed by atoms with Gasteiger partial charge in [0.1, 0.15) is 0 Å². The molecule has 29 heavy (non-hydrogen) atoms. The van der Waals surface area contributed by atoms with E-state index in [1.54, 1.807) is 0 Å². The molecule has 0 aliphatic carbocycles. The Kier molecular flexibility index (Phi) is 12.1. The third-order valence-corrected chi connectivity index (χ3v) is 4.98. The van der Waals surface area contributed by atoms with Crippen molar-refractivity contribution >= 4 is 29.9 Å². The van der Waals surface area contributed by atoms with E-state index in [2.05, 4.69) is 69.2 Å². The van der Waals surface area contributed by atoms with Gasteiger partial charge in [-0.3, -0.25) is 0 Å². The molecule has 0 radical (unpaired) electrons. The van der Waals surface area contributed by atoms with Crippen LogP contribution in [-0.2, 0) is 22.6 Å². The Labute approximate surface area is 194 Å². The molecule has 0 aromatic heterocycles. The van der Waals surface area contributed by atoms with Crippen LogP contribution in [0.4, 0.5) is 0 Å². The Balaban J connectivity index is 0.00000420. The molecule has 1 fully saturated rings. The number of benzene rings is 1. The number of ether oxygens (including phenoxy) is 2. The monoisotopic (exact) mass is 517 g/mol. The zero-order valence-corrected chi connectivity index (χ0v) is 21.2. The third kappa shape index (κ3) is 10.6. The van der Waals surface area contributed by atoms with Gasteiger partial charge in [0.25, 0.3) is 0 Å². The van der Waals surface area contributed by atoms with Gasteiger partial charge in [-0.15, -0.1) is 24.0 Å². The van der Waals surface area contributed by atoms with Crippen LogP contribution in [0.15, 0.2) is 29.3 Å². The maximum absolute atomic E-state index is 5.90. The van der Waals surface area contributed by atoms with Crippen LogP contribution >= 0.6 is 24.0 Å². The Morgan fingerprint density at radius 3 is 2.59 bits per heavy atom. The van der Waals surface area contributed by atoms with Crippen molar-refractivity contribution in [2.45, 2.75) is 65.7 Å². The molecule has 1 aliphatic rings. The molecule has 1 aromatic carbocycles. The fourth-order valence-corrected chi connectivity index (χ4v) is 3.27. The number of halogens is 1. The quantitative estimate of drug-likeness (QED) is 0.305. The number of rotatable bonds is 8. The molecular weight excluding hydrogens is 477 g/mol. The fourth-order valence-electron chi connectivity index (χ4n) is 3.27. The number of nitrogens with zero attached hydrogens (tertiary/aromatic N) is 2. The summed E-state index contributed by atoms with van der Waals surface area (Å²) in [5, 5.41) is 3.43. The van der Waals surface area contributed by atoms with Gasteiger partial charge in [0.2, 0.25) is 0 Å². The predicted molar refractivity (Wildman–Crippen MR) is 132 cm³/mol. The Morgan fingerprint density at radius 1 is 1.24 bits per heavy atom. The Morgan fingerprint density at radius 2 is 1.93 bits per heavy atom. The van der Waals surface area contributed by atoms with E-state index < -0.39 is 0 Å². The molecule has 0 spiro atoms. The zero-order valence-electron chi connectivity index (χ0n) is 18.9. The summed E-state index contributed by atoms with van der Waals surface area (Å²) in [4.78, 5) is 7.12. The SMILES string of the molecule is CCNC(=NCc1cccc(COC(C)(C)C)c1)N(C)CCC1CCOCC1.I. The lowest BCUT2D eigenvalue weighted by molar-refractivity contribution is -0.0149. The fraction of sp³-hybridized carbons (Fsp3) is 0.696. The van der Waals surface area contributed by atoms with Crippen molar-refractivity contribution in [2.75, 3.05) is 33.4 Å². The average molecular weight is 517 g/mol. The molecule has 5 nitrogen and oxygen atoms in total. The summed E-state index contributed by atoms with van der Waals surface area (Å²) in [5.74, 6) is 1.75. The normalized spacial score (nSPS) is 15.7. The molecule has 166 valence electrons. The second kappa shape index (κ2) is 13.4. The van der Waals surface area contributed by atoms with Gasteiger partial charge in [-0.2, -0.15) is 0 Å². The van der Waals surface area contributed by atoms with Crippen molar-refractivity contribution in [1.29, 1.82) is 0 Å². The van der Waals surface area contributed by atoms with Crippen molar-refractivity contribution in [3.05, 3.63) is 35.4 Å². The van der Waals surface area contributed by atoms with Crippen LogP contribution in [0.3, 0.4) is 0 Å². The highest BCUT2D eigenvalue weighted by molar-refractivity contribution is 14.0. The molecule has 1 aromatic rings. The molecule has 0 unspecified atom stereocenters. The van der Waals surface area contributed by atoms with Crippen LogP contribution in [0.2, 0.25) is 0 Å². The molecule has 6 heteroatoms. The standard InChI is InChI=1S/C23H39N3O2.HI/c1-6-24-22(26(5)13-10-19-11-14-27-15-12-19)25-17-20-8-7-9-21(16-20)18-28-23(2,3)4;/h7-9,16,19H,6,10-15,17-18H2,1-5H3,(H,24,25);1H. The van der Waals surface area contributed by atoms with Crippen molar-refractivity contribution in [3.8, 4) is 0 Å². The smallest absolute Gasteiger partial charge is 0.193 e. The summed E-state index contributed by atoms with van der Waals surface area (Å²) in [7, 11) is 2.13. The lowest BCUT2D eigenvalue weighted by Crippen LogP contribution is -2.40. The summed E-state index contributed by atoms with van der Waals surface area (Å²) in [6.45, 7) is 13.4. The molecule has 1 heterocycles. The van der Waals surface area contributed by atoms with E-state index in [-0.39, 0.29) is 29.6 Å². The van der Waals surface area contributed by atoms with Crippen LogP contribution in [0.25, 0.3) is 0 Å². The van der Waals surface area contributed by atoms with E-state index in [4.69, 9.17) is 14.5 Å². The number of hydrogen-bond donors (Lipinski definition) is 1. The number of hydrogen-bond acceptors (Lipinski definition) is 3. The molecule has 0 saturated carbocycles. The zero-order chi connectivity index (χ0) is 20.4. The highest BCUT2D eigenvalue weighted by atomic mass is 127. The Hall–Kier alpha value is -0.860. The molecule has 2 rings (SSSR count). The number of nitrogens with one attached hydrogen (secondary N) is 1. The maximum atomic E-state index is 5.90. The molecule has 0 atom stereocenters.